The van der Waals surface area contributed by atoms with Gasteiger partial charge in [0.25, 0.3) is 0 Å². The van der Waals surface area contributed by atoms with Crippen LogP contribution in [0.5, 0.6) is 0 Å². The molecule has 0 unspecified atom stereocenters. The van der Waals surface area contributed by atoms with Gasteiger partial charge in [-0.25, -0.2) is 0 Å². The Kier molecular flexibility index (Phi) is 17.4. The lowest BCUT2D eigenvalue weighted by molar-refractivity contribution is -0.923. The maximum absolute atomic E-state index is 9.50. The van der Waals surface area contributed by atoms with Gasteiger partial charge in [0.15, 0.2) is 0 Å². The Morgan fingerprint density at radius 1 is 0.947 bits per heavy atom. The molecule has 0 aliphatic carbocycles. The minimum Gasteiger partial charge on any atom is -0.550 e. The van der Waals surface area contributed by atoms with Crippen molar-refractivity contribution in [1.29, 1.82) is 0 Å². The lowest BCUT2D eigenvalue weighted by Crippen LogP contribution is -2.49. The van der Waals surface area contributed by atoms with E-state index in [9.17, 15) is 19.8 Å². The van der Waals surface area contributed by atoms with Gasteiger partial charge in [0.1, 0.15) is 6.54 Å². The highest BCUT2D eigenvalue weighted by Gasteiger charge is 2.18. The average molecular weight is 390 g/mol. The third-order valence-electron chi connectivity index (χ3n) is 3.12. The molecule has 0 atom stereocenters. The quantitative estimate of drug-likeness (QED) is 0.412. The van der Waals surface area contributed by atoms with E-state index in [4.69, 9.17) is 5.11 Å². The van der Waals surface area contributed by atoms with Crippen molar-refractivity contribution in [3.63, 3.8) is 0 Å². The van der Waals surface area contributed by atoms with E-state index < -0.39 is 24.8 Å². The van der Waals surface area contributed by atoms with Crippen LogP contribution in [-0.2, 0) is 9.59 Å². The molecule has 0 aliphatic rings. The minimum atomic E-state index is -1.37. The third kappa shape index (κ3) is 13.8. The number of carbonyl (C=O) groups excluding carboxylic acids is 2. The van der Waals surface area contributed by atoms with E-state index in [1.165, 1.54) is 0 Å². The number of likely N-dealkylation sites (N-methyl/N-ethyl adjacent to an activating group) is 1. The van der Waals surface area contributed by atoms with Crippen LogP contribution in [0, 0.1) is 0 Å². The van der Waals surface area contributed by atoms with Crippen LogP contribution in [0.15, 0.2) is 0 Å². The van der Waals surface area contributed by atoms with Gasteiger partial charge in [-0.1, -0.05) is 0 Å². The zero-order valence-corrected chi connectivity index (χ0v) is 14.2. The molecule has 19 heavy (non-hydrogen) atoms. The Bertz CT molecular complexity index is 222. The van der Waals surface area contributed by atoms with Crippen molar-refractivity contribution < 1.29 is 29.4 Å². The molecule has 0 aromatic heterocycles. The van der Waals surface area contributed by atoms with Crippen molar-refractivity contribution in [2.24, 2.45) is 0 Å². The van der Waals surface area contributed by atoms with Crippen LogP contribution in [0.3, 0.4) is 0 Å². The van der Waals surface area contributed by atoms with Crippen LogP contribution in [0.2, 0.25) is 0 Å². The lowest BCUT2D eigenvalue weighted by atomic mass is 10.3. The van der Waals surface area contributed by atoms with Gasteiger partial charge in [-0.15, -0.1) is 24.0 Å². The molecule has 0 amide bonds. The zero-order valence-electron chi connectivity index (χ0n) is 11.9. The van der Waals surface area contributed by atoms with Crippen LogP contribution in [-0.4, -0.2) is 54.3 Å². The van der Waals surface area contributed by atoms with Gasteiger partial charge in [-0.2, -0.15) is 0 Å². The second kappa shape index (κ2) is 14.0. The fourth-order valence-corrected chi connectivity index (χ4v) is 1.56. The minimum absolute atomic E-state index is 0. The number of aliphatic hydroxyl groups is 1. The van der Waals surface area contributed by atoms with Gasteiger partial charge in [-0.3, -0.25) is 0 Å². The molecule has 7 heteroatoms. The number of halogens is 1. The Labute approximate surface area is 132 Å². The van der Waals surface area contributed by atoms with Crippen LogP contribution < -0.4 is 10.2 Å². The first-order valence-corrected chi connectivity index (χ1v) is 6.23. The van der Waals surface area contributed by atoms with Crippen molar-refractivity contribution in [2.45, 2.75) is 33.6 Å². The lowest BCUT2D eigenvalue weighted by Gasteiger charge is -2.34. The van der Waals surface area contributed by atoms with Crippen molar-refractivity contribution in [2.75, 3.05) is 32.8 Å². The van der Waals surface area contributed by atoms with Crippen molar-refractivity contribution in [3.05, 3.63) is 0 Å². The largest absolute Gasteiger partial charge is 0.550 e. The SMILES string of the molecule is CC[N+](CC)(CC)CCO.I.O=C([O-])CCC(=O)[O-]. The molecule has 0 spiro atoms. The predicted molar refractivity (Wildman–Crippen MR) is 78.5 cm³/mol. The van der Waals surface area contributed by atoms with E-state index >= 15 is 0 Å². The van der Waals surface area contributed by atoms with Crippen molar-refractivity contribution in [3.8, 4) is 0 Å². The topological polar surface area (TPSA) is 100 Å². The van der Waals surface area contributed by atoms with Gasteiger partial charge in [0, 0.05) is 11.9 Å². The normalized spacial score (nSPS) is 9.89. The molecule has 0 aromatic rings. The summed E-state index contributed by atoms with van der Waals surface area (Å²) in [5.41, 5.74) is 0. The number of carboxylic acids is 2. The number of carboxylic acid groups (broad SMARTS) is 2. The number of aliphatic hydroxyl groups excluding tert-OH is 1. The smallest absolute Gasteiger partial charge is 0.102 e. The number of nitrogens with zero attached hydrogens (tertiary/aromatic N) is 1. The standard InChI is InChI=1S/C8H20NO.C4H6O4.HI/c1-4-9(5-2,6-3)7-8-10;5-3(6)1-2-4(7)8;/h10H,4-8H2,1-3H3;1-2H2,(H,5,6)(H,7,8);1H/q+1;;/p-2. The van der Waals surface area contributed by atoms with E-state index in [0.717, 1.165) is 30.7 Å². The van der Waals surface area contributed by atoms with E-state index in [1.807, 2.05) is 0 Å². The Hall–Kier alpha value is -0.410. The number of quaternary nitrogens is 1. The van der Waals surface area contributed by atoms with E-state index in [-0.39, 0.29) is 24.0 Å². The van der Waals surface area contributed by atoms with Crippen molar-refractivity contribution in [1.82, 2.24) is 0 Å². The number of hydrogen-bond donors (Lipinski definition) is 1. The first-order valence-electron chi connectivity index (χ1n) is 6.23. The molecule has 0 radical (unpaired) electrons. The highest BCUT2D eigenvalue weighted by Crippen LogP contribution is 2.03. The molecule has 0 heterocycles. The Morgan fingerprint density at radius 3 is 1.37 bits per heavy atom. The zero-order chi connectivity index (χ0) is 14.6. The van der Waals surface area contributed by atoms with Crippen LogP contribution >= 0.6 is 24.0 Å². The maximum Gasteiger partial charge on any atom is 0.102 e. The van der Waals surface area contributed by atoms with Gasteiger partial charge in [0.05, 0.1) is 26.2 Å². The Balaban J connectivity index is -0.000000262. The second-order valence-electron chi connectivity index (χ2n) is 3.98. The summed E-state index contributed by atoms with van der Waals surface area (Å²) in [6, 6.07) is 0. The number of hydrogen-bond acceptors (Lipinski definition) is 5. The molecule has 0 aliphatic heterocycles. The number of aliphatic carboxylic acids is 2. The third-order valence-corrected chi connectivity index (χ3v) is 3.12. The summed E-state index contributed by atoms with van der Waals surface area (Å²) in [5, 5.41) is 27.8. The summed E-state index contributed by atoms with van der Waals surface area (Å²) in [5.74, 6) is -2.73. The molecule has 0 saturated heterocycles. The Morgan fingerprint density at radius 2 is 1.26 bits per heavy atom. The second-order valence-corrected chi connectivity index (χ2v) is 3.98. The molecule has 116 valence electrons. The summed E-state index contributed by atoms with van der Waals surface area (Å²) in [6.45, 7) is 11.2. The number of carbonyl (C=O) groups is 2. The van der Waals surface area contributed by atoms with Crippen LogP contribution in [0.4, 0.5) is 0 Å². The molecule has 6 nitrogen and oxygen atoms in total. The fourth-order valence-electron chi connectivity index (χ4n) is 1.56. The molecule has 0 rings (SSSR count). The monoisotopic (exact) mass is 390 g/mol. The fraction of sp³-hybridized carbons (Fsp3) is 0.833. The van der Waals surface area contributed by atoms with E-state index in [2.05, 4.69) is 20.8 Å². The summed E-state index contributed by atoms with van der Waals surface area (Å²) in [6.07, 6.45) is -0.940. The molecule has 0 fully saturated rings. The highest BCUT2D eigenvalue weighted by atomic mass is 127. The predicted octanol–water partition coefficient (Wildman–Crippen LogP) is -1.26. The first kappa shape index (κ1) is 23.7. The average Bonchev–Trinajstić information content (AvgIpc) is 2.34. The van der Waals surface area contributed by atoms with Gasteiger partial charge < -0.3 is 29.4 Å². The van der Waals surface area contributed by atoms with Crippen LogP contribution in [0.25, 0.3) is 0 Å². The van der Waals surface area contributed by atoms with Gasteiger partial charge in [0.2, 0.25) is 0 Å². The van der Waals surface area contributed by atoms with E-state index in [0.29, 0.717) is 6.61 Å². The molecular formula is C12H25INO5-. The summed E-state index contributed by atoms with van der Waals surface area (Å²) in [4.78, 5) is 19.0. The summed E-state index contributed by atoms with van der Waals surface area (Å²) in [7, 11) is 0. The van der Waals surface area contributed by atoms with Crippen molar-refractivity contribution >= 4 is 35.9 Å². The van der Waals surface area contributed by atoms with E-state index in [1.54, 1.807) is 0 Å². The molecule has 0 aromatic carbocycles. The molecule has 0 bridgehead atoms. The van der Waals surface area contributed by atoms with Gasteiger partial charge in [-0.05, 0) is 33.6 Å². The van der Waals surface area contributed by atoms with Gasteiger partial charge >= 0.3 is 0 Å². The maximum atomic E-state index is 9.50. The molecule has 0 saturated carbocycles. The molecule has 1 N–H and O–H groups in total. The number of rotatable bonds is 8. The molecular weight excluding hydrogens is 365 g/mol. The summed E-state index contributed by atoms with van der Waals surface area (Å²) >= 11 is 0. The van der Waals surface area contributed by atoms with Crippen LogP contribution in [0.1, 0.15) is 33.6 Å². The first-order chi connectivity index (χ1) is 8.37. The highest BCUT2D eigenvalue weighted by molar-refractivity contribution is 14.0. The summed E-state index contributed by atoms with van der Waals surface area (Å²) < 4.78 is 1.05.